The van der Waals surface area contributed by atoms with Crippen LogP contribution in [-0.2, 0) is 26.4 Å². The molecule has 0 N–H and O–H groups in total. The van der Waals surface area contributed by atoms with Gasteiger partial charge >= 0.3 is 386 Å². The molecule has 0 spiro atoms. The van der Waals surface area contributed by atoms with Crippen molar-refractivity contribution in [3.8, 4) is 22.3 Å². The maximum atomic E-state index is 8.92. The number of allylic oxidation sites excluding steroid dienone is 2. The molecule has 10 aliphatic carbocycles. The molecule has 0 saturated heterocycles. The van der Waals surface area contributed by atoms with E-state index in [1.807, 2.05) is 0 Å². The molecule has 14 rings (SSSR count). The van der Waals surface area contributed by atoms with Gasteiger partial charge in [-0.25, -0.2) is 0 Å². The summed E-state index contributed by atoms with van der Waals surface area (Å²) in [5.41, 5.74) is 17.9. The number of hydrogen-bond acceptors (Lipinski definition) is 0. The van der Waals surface area contributed by atoms with Crippen LogP contribution in [0.25, 0.3) is 34.4 Å². The molecule has 4 heteroatoms. The van der Waals surface area contributed by atoms with Crippen molar-refractivity contribution < 1.29 is 15.6 Å². The van der Waals surface area contributed by atoms with Crippen LogP contribution in [0.3, 0.4) is 0 Å². The van der Waals surface area contributed by atoms with Gasteiger partial charge in [0.25, 0.3) is 0 Å². The van der Waals surface area contributed by atoms with Crippen LogP contribution < -0.4 is 0 Å². The molecule has 4 aromatic carbocycles. The first-order valence-electron chi connectivity index (χ1n) is 25.3. The summed E-state index contributed by atoms with van der Waals surface area (Å²) in [6.45, 7) is 12.2. The van der Waals surface area contributed by atoms with E-state index in [1.165, 1.54) is 133 Å². The molecule has 323 valence electrons. The molecule has 8 fully saturated rings. The molecule has 3 atom stereocenters. The van der Waals surface area contributed by atoms with Crippen molar-refractivity contribution in [2.75, 3.05) is 0 Å². The van der Waals surface area contributed by atoms with Gasteiger partial charge in [-0.15, -0.1) is 0 Å². The monoisotopic (exact) mass is 953 g/mol. The molecule has 0 nitrogen and oxygen atoms in total. The molecule has 0 amide bonds. The molecule has 8 bridgehead atoms. The van der Waals surface area contributed by atoms with Gasteiger partial charge in [0.1, 0.15) is 0 Å². The fourth-order valence-electron chi connectivity index (χ4n) is 17.6. The maximum absolute atomic E-state index is 8.92. The average Bonchev–Trinajstić information content (AvgIpc) is 3.82. The van der Waals surface area contributed by atoms with E-state index in [9.17, 15) is 0 Å². The third-order valence-electron chi connectivity index (χ3n) is 19.6. The summed E-state index contributed by atoms with van der Waals surface area (Å²) in [6.07, 6.45) is 24.9. The average molecular weight is 956 g/mol. The Balaban J connectivity index is 0.917. The van der Waals surface area contributed by atoms with Gasteiger partial charge in [0, 0.05) is 0 Å². The third-order valence-corrected chi connectivity index (χ3v) is 71.5. The van der Waals surface area contributed by atoms with Crippen LogP contribution in [0.4, 0.5) is 0 Å². The molecular weight excluding hydrogens is 887 g/mol. The van der Waals surface area contributed by atoms with Crippen molar-refractivity contribution in [2.24, 2.45) is 41.4 Å². The normalized spacial score (nSPS) is 34.8. The van der Waals surface area contributed by atoms with Crippen molar-refractivity contribution in [2.45, 2.75) is 142 Å². The Kier molecular flexibility index (Phi) is 9.88. The molecule has 3 unspecified atom stereocenters. The molecule has 0 heterocycles. The molecule has 4 aromatic rings. The quantitative estimate of drug-likeness (QED) is 0.139. The Morgan fingerprint density at radius 3 is 1.39 bits per heavy atom. The SMILES string of the molecule is CCCC(C)C1=Cc2c(-c3ccc(C45CC6CC(CC(C6)C4)C5)cc3)cccc2[CH]1[Zr]([Cl])([Cl])([CH]1C(C)=Cc2c(-c3ccc(C45CC6CC(CC(C6)C4)C5)cc3)cccc21)[SiH](C)C. The number of benzene rings is 4. The molecule has 0 radical (unpaired) electrons. The van der Waals surface area contributed by atoms with Crippen molar-refractivity contribution in [1.82, 2.24) is 0 Å². The second-order valence-corrected chi connectivity index (χ2v) is 66.1. The molecule has 0 aliphatic heterocycles. The van der Waals surface area contributed by atoms with Gasteiger partial charge in [0.15, 0.2) is 0 Å². The summed E-state index contributed by atoms with van der Waals surface area (Å²) in [7, 11) is 17.8. The first-order chi connectivity index (χ1) is 29.8. The van der Waals surface area contributed by atoms with Gasteiger partial charge in [0.05, 0.1) is 0 Å². The summed E-state index contributed by atoms with van der Waals surface area (Å²) >= 11 is -4.92. The zero-order valence-corrected chi connectivity index (χ0v) is 43.3. The van der Waals surface area contributed by atoms with E-state index in [1.54, 1.807) is 11.1 Å². The summed E-state index contributed by atoms with van der Waals surface area (Å²) < 4.78 is 0.209. The Morgan fingerprint density at radius 1 is 0.581 bits per heavy atom. The third kappa shape index (κ3) is 6.16. The van der Waals surface area contributed by atoms with Crippen LogP contribution in [0.15, 0.2) is 96.1 Å². The van der Waals surface area contributed by atoms with E-state index in [4.69, 9.17) is 17.0 Å². The van der Waals surface area contributed by atoms with Crippen molar-refractivity contribution in [1.29, 1.82) is 0 Å². The summed E-state index contributed by atoms with van der Waals surface area (Å²) in [5.74, 6) is 4.49. The van der Waals surface area contributed by atoms with Gasteiger partial charge in [-0.2, -0.15) is 0 Å². The van der Waals surface area contributed by atoms with Crippen LogP contribution in [-0.4, -0.2) is 5.92 Å². The number of fused-ring (bicyclic) bond motifs is 2. The number of halogens is 2. The van der Waals surface area contributed by atoms with Crippen LogP contribution in [0.5, 0.6) is 0 Å². The second-order valence-electron chi connectivity index (χ2n) is 23.6. The molecule has 62 heavy (non-hydrogen) atoms. The fraction of sp³-hybridized carbons (Fsp3) is 0.517. The van der Waals surface area contributed by atoms with Crippen molar-refractivity contribution >= 4 is 35.1 Å². The zero-order chi connectivity index (χ0) is 42.4. The van der Waals surface area contributed by atoms with E-state index in [-0.39, 0.29) is 7.25 Å². The van der Waals surface area contributed by atoms with Gasteiger partial charge < -0.3 is 0 Å². The minimum atomic E-state index is -4.92. The Hall–Kier alpha value is -1.96. The van der Waals surface area contributed by atoms with Gasteiger partial charge in [-0.05, 0) is 0 Å². The Morgan fingerprint density at radius 2 is 0.984 bits per heavy atom. The van der Waals surface area contributed by atoms with Crippen LogP contribution in [0, 0.1) is 41.4 Å². The summed E-state index contributed by atoms with van der Waals surface area (Å²) in [5, 5.41) is 0. The standard InChI is InChI=1S/C30H35.C26H27.C2H7Si.2ClH.Zr/c1-3-5-20(2)26-15-25-6-4-7-28(29(25)16-26)24-8-10-27(11-9-24)30-17-21-12-22(18-30)14-23(13-21)19-30;1-17-9-22-3-2-4-24(25(22)10-17)21-5-7-23(8-6-21)26-14-18-11-19(15-26)13-20(12-18)16-26;1-3-2;;;/h4,6-11,15-16,20-23H,3,5,12-14,17-19H2,1-2H3;2-10,18-20H,11-16H2,1H3;3H,1-2H3;2*1H;/q;;;;;+2/p-2. The summed E-state index contributed by atoms with van der Waals surface area (Å²) in [4.78, 5) is 0. The van der Waals surface area contributed by atoms with E-state index < -0.39 is 21.5 Å². The predicted molar refractivity (Wildman–Crippen MR) is 265 cm³/mol. The second kappa shape index (κ2) is 14.8. The van der Waals surface area contributed by atoms with Gasteiger partial charge in [-0.3, -0.25) is 0 Å². The van der Waals surface area contributed by atoms with Crippen LogP contribution in [0.2, 0.25) is 13.1 Å². The van der Waals surface area contributed by atoms with E-state index in [2.05, 4.69) is 131 Å². The Bertz CT molecular complexity index is 2430. The predicted octanol–water partition coefficient (Wildman–Crippen LogP) is 17.0. The summed E-state index contributed by atoms with van der Waals surface area (Å²) in [6, 6.07) is 34.2. The van der Waals surface area contributed by atoms with E-state index >= 15 is 0 Å². The minimum absolute atomic E-state index is 0.101. The molecule has 0 aromatic heterocycles. The van der Waals surface area contributed by atoms with Crippen LogP contribution >= 0.6 is 17.0 Å². The zero-order valence-electron chi connectivity index (χ0n) is 38.2. The molecule has 10 aliphatic rings. The molecule has 8 saturated carbocycles. The van der Waals surface area contributed by atoms with Gasteiger partial charge in [-0.1, -0.05) is 0 Å². The topological polar surface area (TPSA) is 0 Å². The van der Waals surface area contributed by atoms with Gasteiger partial charge in [0.2, 0.25) is 0 Å². The fourth-order valence-corrected chi connectivity index (χ4v) is 49.7. The Labute approximate surface area is 382 Å². The van der Waals surface area contributed by atoms with E-state index in [0.717, 1.165) is 48.3 Å². The number of hydrogen-bond donors (Lipinski definition) is 0. The van der Waals surface area contributed by atoms with E-state index in [0.29, 0.717) is 16.7 Å². The van der Waals surface area contributed by atoms with Crippen molar-refractivity contribution in [3.05, 3.63) is 129 Å². The number of rotatable bonds is 10. The van der Waals surface area contributed by atoms with Crippen molar-refractivity contribution in [3.63, 3.8) is 0 Å². The first-order valence-corrected chi connectivity index (χ1v) is 41.6. The molecular formula is C58H69Cl2SiZr. The first kappa shape index (κ1) is 41.5. The van der Waals surface area contributed by atoms with Crippen LogP contribution in [0.1, 0.15) is 151 Å².